The Hall–Kier alpha value is -2.66. The van der Waals surface area contributed by atoms with Crippen LogP contribution in [0.3, 0.4) is 0 Å². The highest BCUT2D eigenvalue weighted by molar-refractivity contribution is 6.31. The number of benzene rings is 2. The van der Waals surface area contributed by atoms with Crippen molar-refractivity contribution in [3.05, 3.63) is 63.8 Å². The number of hydrazone groups is 1. The average molecular weight is 356 g/mol. The quantitative estimate of drug-likeness (QED) is 0.844. The summed E-state index contributed by atoms with van der Waals surface area (Å²) < 4.78 is 5.26. The summed E-state index contributed by atoms with van der Waals surface area (Å²) in [5, 5.41) is 20.6. The first kappa shape index (κ1) is 15.8. The van der Waals surface area contributed by atoms with E-state index < -0.39 is 0 Å². The second-order valence-corrected chi connectivity index (χ2v) is 6.65. The molecule has 0 fully saturated rings. The molecule has 0 unspecified atom stereocenters. The van der Waals surface area contributed by atoms with E-state index >= 15 is 0 Å². The number of hydrogen-bond donors (Lipinski definition) is 2. The summed E-state index contributed by atoms with van der Waals surface area (Å²) in [6.45, 7) is 2.62. The molecule has 2 N–H and O–H groups in total. The molecule has 2 aliphatic rings. The number of nitrogens with one attached hydrogen (secondary N) is 1. The monoisotopic (exact) mass is 355 g/mol. The number of aliphatic hydroxyl groups excluding tert-OH is 1. The summed E-state index contributed by atoms with van der Waals surface area (Å²) in [4.78, 5) is 0. The maximum absolute atomic E-state index is 10.5. The first-order valence-electron chi connectivity index (χ1n) is 8.03. The minimum atomic E-state index is -0.0120. The van der Waals surface area contributed by atoms with Crippen LogP contribution in [0.5, 0.6) is 5.75 Å². The number of methoxy groups -OCH3 is 1. The number of hydrogen-bond acceptors (Lipinski definition) is 4. The van der Waals surface area contributed by atoms with Gasteiger partial charge in [-0.05, 0) is 60.4 Å². The van der Waals surface area contributed by atoms with E-state index in [0.717, 1.165) is 40.2 Å². The average Bonchev–Trinajstić information content (AvgIpc) is 2.60. The molecule has 0 saturated heterocycles. The second-order valence-electron chi connectivity index (χ2n) is 6.22. The van der Waals surface area contributed by atoms with Gasteiger partial charge in [0.05, 0.1) is 19.3 Å². The smallest absolute Gasteiger partial charge is 0.252 e. The largest absolute Gasteiger partial charge is 0.497 e. The maximum Gasteiger partial charge on any atom is 0.252 e. The highest BCUT2D eigenvalue weighted by Gasteiger charge is 2.28. The van der Waals surface area contributed by atoms with Crippen LogP contribution in [-0.2, 0) is 6.42 Å². The van der Waals surface area contributed by atoms with Crippen LogP contribution in [0.1, 0.15) is 11.1 Å². The van der Waals surface area contributed by atoms with E-state index in [0.29, 0.717) is 17.3 Å². The molecular formula is C19H18ClN3O2. The fraction of sp³-hybridized carbons (Fsp3) is 0.211. The van der Waals surface area contributed by atoms with Crippen LogP contribution in [0.15, 0.2) is 52.8 Å². The molecular weight excluding hydrogens is 338 g/mol. The Bertz CT molecular complexity index is 921. The maximum atomic E-state index is 10.5. The Labute approximate surface area is 151 Å². The Kier molecular flexibility index (Phi) is 3.81. The summed E-state index contributed by atoms with van der Waals surface area (Å²) in [7, 11) is 1.65. The Balaban J connectivity index is 1.66. The number of rotatable bonds is 2. The molecule has 4 rings (SSSR count). The Morgan fingerprint density at radius 3 is 2.84 bits per heavy atom. The molecule has 0 aromatic heterocycles. The lowest BCUT2D eigenvalue weighted by Crippen LogP contribution is -2.34. The molecule has 2 aromatic carbocycles. The van der Waals surface area contributed by atoms with Crippen molar-refractivity contribution >= 4 is 28.9 Å². The van der Waals surface area contributed by atoms with Gasteiger partial charge in [-0.3, -0.25) is 5.01 Å². The van der Waals surface area contributed by atoms with Crippen LogP contribution in [0.4, 0.5) is 11.4 Å². The molecule has 0 bridgehead atoms. The predicted molar refractivity (Wildman–Crippen MR) is 101 cm³/mol. The third kappa shape index (κ3) is 2.81. The van der Waals surface area contributed by atoms with Crippen molar-refractivity contribution in [2.24, 2.45) is 5.10 Å². The molecule has 0 spiro atoms. The van der Waals surface area contributed by atoms with Crippen LogP contribution in [0.25, 0.3) is 0 Å². The van der Waals surface area contributed by atoms with Crippen LogP contribution in [0.2, 0.25) is 5.02 Å². The molecule has 2 aliphatic heterocycles. The van der Waals surface area contributed by atoms with Gasteiger partial charge in [0.1, 0.15) is 11.4 Å². The summed E-state index contributed by atoms with van der Waals surface area (Å²) in [5.41, 5.74) is 5.83. The highest BCUT2D eigenvalue weighted by atomic mass is 35.5. The van der Waals surface area contributed by atoms with Crippen molar-refractivity contribution in [1.29, 1.82) is 0 Å². The molecule has 2 heterocycles. The first-order valence-corrected chi connectivity index (χ1v) is 8.40. The summed E-state index contributed by atoms with van der Waals surface area (Å²) in [6.07, 6.45) is 0.750. The SMILES string of the molecule is COc1ccc(N2CC3=C(Nc4cc(Cl)ccc4C3)C(O)=N2)c(C)c1. The third-order valence-corrected chi connectivity index (χ3v) is 4.79. The van der Waals surface area contributed by atoms with Crippen LogP contribution in [0, 0.1) is 6.92 Å². The number of nitrogens with zero attached hydrogens (tertiary/aromatic N) is 2. The summed E-state index contributed by atoms with van der Waals surface area (Å²) in [6, 6.07) is 11.6. The molecule has 0 aliphatic carbocycles. The standard InChI is InChI=1S/C19H18ClN3O2/c1-11-7-15(25-2)5-6-17(11)23-10-13-8-12-3-4-14(20)9-16(12)21-18(13)19(24)22-23/h3-7,9,21H,8,10H2,1-2H3,(H,22,24). The minimum Gasteiger partial charge on any atom is -0.497 e. The zero-order valence-corrected chi connectivity index (χ0v) is 14.8. The number of ether oxygens (including phenoxy) is 1. The van der Waals surface area contributed by atoms with E-state index in [1.807, 2.05) is 48.3 Å². The summed E-state index contributed by atoms with van der Waals surface area (Å²) >= 11 is 6.07. The van der Waals surface area contributed by atoms with Gasteiger partial charge >= 0.3 is 0 Å². The van der Waals surface area contributed by atoms with Gasteiger partial charge < -0.3 is 15.2 Å². The Morgan fingerprint density at radius 2 is 2.08 bits per heavy atom. The van der Waals surface area contributed by atoms with E-state index in [9.17, 15) is 5.11 Å². The van der Waals surface area contributed by atoms with E-state index in [1.165, 1.54) is 0 Å². The molecule has 5 nitrogen and oxygen atoms in total. The van der Waals surface area contributed by atoms with Gasteiger partial charge in [0.25, 0.3) is 5.90 Å². The van der Waals surface area contributed by atoms with Gasteiger partial charge in [-0.2, -0.15) is 0 Å². The van der Waals surface area contributed by atoms with Gasteiger partial charge in [-0.25, -0.2) is 0 Å². The van der Waals surface area contributed by atoms with Gasteiger partial charge in [0, 0.05) is 10.7 Å². The van der Waals surface area contributed by atoms with E-state index in [-0.39, 0.29) is 5.90 Å². The van der Waals surface area contributed by atoms with Crippen LogP contribution < -0.4 is 15.1 Å². The fourth-order valence-corrected chi connectivity index (χ4v) is 3.45. The van der Waals surface area contributed by atoms with Crippen molar-refractivity contribution in [2.75, 3.05) is 24.0 Å². The molecule has 0 amide bonds. The lowest BCUT2D eigenvalue weighted by Gasteiger charge is -2.32. The fourth-order valence-electron chi connectivity index (χ4n) is 3.27. The normalized spacial score (nSPS) is 16.0. The lowest BCUT2D eigenvalue weighted by atomic mass is 9.96. The van der Waals surface area contributed by atoms with E-state index in [1.54, 1.807) is 7.11 Å². The molecule has 0 saturated carbocycles. The highest BCUT2D eigenvalue weighted by Crippen LogP contribution is 2.34. The van der Waals surface area contributed by atoms with Crippen molar-refractivity contribution in [3.63, 3.8) is 0 Å². The molecule has 25 heavy (non-hydrogen) atoms. The first-order chi connectivity index (χ1) is 12.0. The Morgan fingerprint density at radius 1 is 1.24 bits per heavy atom. The molecule has 6 heteroatoms. The number of aryl methyl sites for hydroxylation is 1. The van der Waals surface area contributed by atoms with Crippen molar-refractivity contribution in [2.45, 2.75) is 13.3 Å². The van der Waals surface area contributed by atoms with Crippen LogP contribution >= 0.6 is 11.6 Å². The number of halogens is 1. The number of anilines is 2. The van der Waals surface area contributed by atoms with Crippen molar-refractivity contribution < 1.29 is 9.84 Å². The minimum absolute atomic E-state index is 0.0120. The van der Waals surface area contributed by atoms with Crippen molar-refractivity contribution in [3.8, 4) is 5.75 Å². The van der Waals surface area contributed by atoms with Crippen molar-refractivity contribution in [1.82, 2.24) is 0 Å². The molecule has 128 valence electrons. The topological polar surface area (TPSA) is 57.1 Å². The van der Waals surface area contributed by atoms with Gasteiger partial charge in [0.2, 0.25) is 0 Å². The number of fused-ring (bicyclic) bond motifs is 1. The third-order valence-electron chi connectivity index (χ3n) is 4.55. The second kappa shape index (κ2) is 6.01. The van der Waals surface area contributed by atoms with E-state index in [2.05, 4.69) is 10.4 Å². The number of aliphatic hydroxyl groups is 1. The zero-order chi connectivity index (χ0) is 17.6. The summed E-state index contributed by atoms with van der Waals surface area (Å²) in [5.74, 6) is 0.790. The molecule has 0 radical (unpaired) electrons. The van der Waals surface area contributed by atoms with Crippen LogP contribution in [-0.4, -0.2) is 24.7 Å². The molecule has 0 atom stereocenters. The van der Waals surface area contributed by atoms with Gasteiger partial charge in [-0.15, -0.1) is 5.10 Å². The van der Waals surface area contributed by atoms with E-state index in [4.69, 9.17) is 16.3 Å². The van der Waals surface area contributed by atoms with Gasteiger partial charge in [-0.1, -0.05) is 17.7 Å². The lowest BCUT2D eigenvalue weighted by molar-refractivity contribution is 0.414. The molecule has 2 aromatic rings. The zero-order valence-electron chi connectivity index (χ0n) is 14.0. The van der Waals surface area contributed by atoms with Gasteiger partial charge in [0.15, 0.2) is 0 Å². The predicted octanol–water partition coefficient (Wildman–Crippen LogP) is 4.27.